The van der Waals surface area contributed by atoms with Crippen molar-refractivity contribution in [2.24, 2.45) is 0 Å². The van der Waals surface area contributed by atoms with E-state index < -0.39 is 0 Å². The molecule has 0 N–H and O–H groups in total. The molecule has 3 aromatic rings. The summed E-state index contributed by atoms with van der Waals surface area (Å²) >= 11 is 0. The quantitative estimate of drug-likeness (QED) is 0.600. The van der Waals surface area contributed by atoms with Gasteiger partial charge in [-0.15, -0.1) is 0 Å². The minimum absolute atomic E-state index is 0.0924. The zero-order chi connectivity index (χ0) is 17.5. The minimum Gasteiger partial charge on any atom is -0.473 e. The number of carbonyl (C=O) groups is 1. The van der Waals surface area contributed by atoms with Crippen LogP contribution in [0.15, 0.2) is 72.8 Å². The number of rotatable bonds is 7. The van der Waals surface area contributed by atoms with Gasteiger partial charge < -0.3 is 9.47 Å². The monoisotopic (exact) mass is 333 g/mol. The predicted molar refractivity (Wildman–Crippen MR) is 95.8 cm³/mol. The Bertz CT molecular complexity index is 832. The molecule has 4 nitrogen and oxygen atoms in total. The second-order valence-electron chi connectivity index (χ2n) is 5.61. The Morgan fingerprint density at radius 1 is 0.800 bits per heavy atom. The highest BCUT2D eigenvalue weighted by Gasteiger charge is 2.12. The molecule has 126 valence electrons. The van der Waals surface area contributed by atoms with E-state index in [0.717, 1.165) is 11.1 Å². The fourth-order valence-electron chi connectivity index (χ4n) is 2.34. The summed E-state index contributed by atoms with van der Waals surface area (Å²) in [5, 5.41) is 0. The van der Waals surface area contributed by atoms with Gasteiger partial charge in [0, 0.05) is 6.07 Å². The first-order valence-corrected chi connectivity index (χ1v) is 8.08. The molecule has 0 atom stereocenters. The number of nitrogens with zero attached hydrogens (tertiary/aromatic N) is 1. The summed E-state index contributed by atoms with van der Waals surface area (Å²) in [5.74, 6) is 0.629. The van der Waals surface area contributed by atoms with E-state index in [4.69, 9.17) is 9.47 Å². The van der Waals surface area contributed by atoms with Crippen LogP contribution in [0.25, 0.3) is 0 Å². The minimum atomic E-state index is -0.0924. The van der Waals surface area contributed by atoms with Crippen molar-refractivity contribution < 1.29 is 14.3 Å². The smallest absolute Gasteiger partial charge is 0.228 e. The van der Waals surface area contributed by atoms with Crippen molar-refractivity contribution in [1.82, 2.24) is 4.98 Å². The summed E-state index contributed by atoms with van der Waals surface area (Å²) in [4.78, 5) is 16.2. The highest BCUT2D eigenvalue weighted by molar-refractivity contribution is 5.96. The fourth-order valence-corrected chi connectivity index (χ4v) is 2.34. The molecule has 1 aromatic heterocycles. The summed E-state index contributed by atoms with van der Waals surface area (Å²) in [6, 6.07) is 23.0. The van der Waals surface area contributed by atoms with Gasteiger partial charge in [-0.25, -0.2) is 0 Å². The molecule has 1 heterocycles. The lowest BCUT2D eigenvalue weighted by atomic mass is 10.2. The van der Waals surface area contributed by atoms with Crippen LogP contribution in [0.2, 0.25) is 0 Å². The van der Waals surface area contributed by atoms with E-state index in [1.165, 1.54) is 6.92 Å². The zero-order valence-corrected chi connectivity index (χ0v) is 14.0. The average Bonchev–Trinajstić information content (AvgIpc) is 2.66. The summed E-state index contributed by atoms with van der Waals surface area (Å²) < 4.78 is 11.5. The second-order valence-corrected chi connectivity index (χ2v) is 5.61. The van der Waals surface area contributed by atoms with Crippen LogP contribution in [0.5, 0.6) is 11.8 Å². The first kappa shape index (κ1) is 16.7. The molecule has 25 heavy (non-hydrogen) atoms. The number of pyridine rings is 1. The maximum atomic E-state index is 11.8. The first-order valence-electron chi connectivity index (χ1n) is 8.08. The number of ether oxygens (including phenoxy) is 2. The Balaban J connectivity index is 1.73. The third-order valence-corrected chi connectivity index (χ3v) is 3.66. The van der Waals surface area contributed by atoms with Gasteiger partial charge in [-0.2, -0.15) is 4.98 Å². The Hall–Kier alpha value is -3.14. The molecule has 3 rings (SSSR count). The molecule has 0 amide bonds. The lowest BCUT2D eigenvalue weighted by molar-refractivity contribution is 0.101. The van der Waals surface area contributed by atoms with Crippen LogP contribution in [-0.4, -0.2) is 10.8 Å². The van der Waals surface area contributed by atoms with Crippen molar-refractivity contribution in [2.75, 3.05) is 0 Å². The highest BCUT2D eigenvalue weighted by atomic mass is 16.5. The summed E-state index contributed by atoms with van der Waals surface area (Å²) in [6.45, 7) is 2.25. The number of hydrogen-bond acceptors (Lipinski definition) is 4. The largest absolute Gasteiger partial charge is 0.473 e. The third kappa shape index (κ3) is 4.67. The molecule has 0 fully saturated rings. The molecule has 0 saturated heterocycles. The van der Waals surface area contributed by atoms with E-state index in [9.17, 15) is 4.79 Å². The van der Waals surface area contributed by atoms with Gasteiger partial charge in [-0.3, -0.25) is 4.79 Å². The van der Waals surface area contributed by atoms with E-state index in [2.05, 4.69) is 4.98 Å². The molecular formula is C21H19NO3. The average molecular weight is 333 g/mol. The number of aromatic nitrogens is 1. The number of benzene rings is 2. The first-order chi connectivity index (χ1) is 12.2. The molecule has 0 saturated carbocycles. The van der Waals surface area contributed by atoms with E-state index in [1.54, 1.807) is 12.1 Å². The Morgan fingerprint density at radius 2 is 1.36 bits per heavy atom. The molecule has 2 aromatic carbocycles. The molecule has 4 heteroatoms. The van der Waals surface area contributed by atoms with Crippen LogP contribution in [-0.2, 0) is 13.2 Å². The van der Waals surface area contributed by atoms with E-state index in [-0.39, 0.29) is 5.78 Å². The van der Waals surface area contributed by atoms with Crippen LogP contribution in [0.4, 0.5) is 0 Å². The Kier molecular flexibility index (Phi) is 5.42. The van der Waals surface area contributed by atoms with Crippen molar-refractivity contribution in [3.05, 3.63) is 89.5 Å². The van der Waals surface area contributed by atoms with Gasteiger partial charge in [-0.1, -0.05) is 60.7 Å². The molecule has 0 aliphatic carbocycles. The van der Waals surface area contributed by atoms with Crippen molar-refractivity contribution >= 4 is 5.78 Å². The predicted octanol–water partition coefficient (Wildman–Crippen LogP) is 4.44. The maximum absolute atomic E-state index is 11.8. The van der Waals surface area contributed by atoms with Gasteiger partial charge in [0.1, 0.15) is 13.2 Å². The number of Topliss-reactive ketones (excluding diaryl/α,β-unsaturated/α-hetero) is 1. The normalized spacial score (nSPS) is 10.3. The molecule has 0 radical (unpaired) electrons. The van der Waals surface area contributed by atoms with E-state index >= 15 is 0 Å². The lowest BCUT2D eigenvalue weighted by Crippen LogP contribution is -2.05. The molecule has 0 unspecified atom stereocenters. The lowest BCUT2D eigenvalue weighted by Gasteiger charge is -2.11. The van der Waals surface area contributed by atoms with Crippen molar-refractivity contribution in [2.45, 2.75) is 20.1 Å². The third-order valence-electron chi connectivity index (χ3n) is 3.66. The van der Waals surface area contributed by atoms with Crippen LogP contribution in [0.1, 0.15) is 28.4 Å². The van der Waals surface area contributed by atoms with Gasteiger partial charge in [0.2, 0.25) is 11.8 Å². The van der Waals surface area contributed by atoms with E-state index in [1.807, 2.05) is 60.7 Å². The molecule has 0 bridgehead atoms. The van der Waals surface area contributed by atoms with Crippen LogP contribution < -0.4 is 9.47 Å². The standard InChI is InChI=1S/C21H19NO3/c1-16(23)19-12-13-20(24-14-17-8-4-2-5-9-17)22-21(19)25-15-18-10-6-3-7-11-18/h2-13H,14-15H2,1H3. The van der Waals surface area contributed by atoms with Gasteiger partial charge >= 0.3 is 0 Å². The highest BCUT2D eigenvalue weighted by Crippen LogP contribution is 2.22. The Labute approximate surface area is 147 Å². The van der Waals surface area contributed by atoms with Gasteiger partial charge in [-0.05, 0) is 24.1 Å². The summed E-state index contributed by atoms with van der Waals surface area (Å²) in [6.07, 6.45) is 0. The van der Waals surface area contributed by atoms with Gasteiger partial charge in [0.25, 0.3) is 0 Å². The molecule has 0 aliphatic heterocycles. The summed E-state index contributed by atoms with van der Waals surface area (Å²) in [5.41, 5.74) is 2.50. The number of ketones is 1. The maximum Gasteiger partial charge on any atom is 0.228 e. The molecular weight excluding hydrogens is 314 g/mol. The molecule has 0 aliphatic rings. The van der Waals surface area contributed by atoms with Crippen LogP contribution in [0, 0.1) is 0 Å². The SMILES string of the molecule is CC(=O)c1ccc(OCc2ccccc2)nc1OCc1ccccc1. The zero-order valence-electron chi connectivity index (χ0n) is 14.0. The van der Waals surface area contributed by atoms with Crippen LogP contribution in [0.3, 0.4) is 0 Å². The second kappa shape index (κ2) is 8.11. The van der Waals surface area contributed by atoms with Gasteiger partial charge in [0.15, 0.2) is 5.78 Å². The topological polar surface area (TPSA) is 48.4 Å². The fraction of sp³-hybridized carbons (Fsp3) is 0.143. The van der Waals surface area contributed by atoms with Crippen LogP contribution >= 0.6 is 0 Å². The van der Waals surface area contributed by atoms with E-state index in [0.29, 0.717) is 30.5 Å². The van der Waals surface area contributed by atoms with Crippen molar-refractivity contribution in [1.29, 1.82) is 0 Å². The van der Waals surface area contributed by atoms with Crippen molar-refractivity contribution in [3.63, 3.8) is 0 Å². The molecule has 0 spiro atoms. The van der Waals surface area contributed by atoms with Crippen molar-refractivity contribution in [3.8, 4) is 11.8 Å². The Morgan fingerprint density at radius 3 is 1.92 bits per heavy atom. The number of hydrogen-bond donors (Lipinski definition) is 0. The van der Waals surface area contributed by atoms with Gasteiger partial charge in [0.05, 0.1) is 5.56 Å². The number of carbonyl (C=O) groups excluding carboxylic acids is 1. The summed E-state index contributed by atoms with van der Waals surface area (Å²) in [7, 11) is 0.